The van der Waals surface area contributed by atoms with Gasteiger partial charge in [-0.3, -0.25) is 9.78 Å². The molecule has 0 saturated heterocycles. The second-order valence-corrected chi connectivity index (χ2v) is 5.78. The summed E-state index contributed by atoms with van der Waals surface area (Å²) in [5.41, 5.74) is 2.21. The van der Waals surface area contributed by atoms with Gasteiger partial charge in [0, 0.05) is 29.8 Å². The molecule has 116 valence electrons. The van der Waals surface area contributed by atoms with Crippen LogP contribution < -0.4 is 5.32 Å². The molecule has 4 nitrogen and oxygen atoms in total. The lowest BCUT2D eigenvalue weighted by Gasteiger charge is -2.03. The molecule has 0 spiro atoms. The molecule has 2 aromatic heterocycles. The number of nitrogens with one attached hydrogen (secondary N) is 1. The van der Waals surface area contributed by atoms with Crippen LogP contribution in [0.1, 0.15) is 12.0 Å². The first-order chi connectivity index (χ1) is 11.2. The van der Waals surface area contributed by atoms with Crippen molar-refractivity contribution in [2.45, 2.75) is 12.8 Å². The van der Waals surface area contributed by atoms with E-state index in [1.165, 1.54) is 17.4 Å². The highest BCUT2D eigenvalue weighted by Crippen LogP contribution is 2.24. The van der Waals surface area contributed by atoms with Crippen molar-refractivity contribution in [1.29, 1.82) is 0 Å². The number of anilines is 1. The molecule has 0 atom stereocenters. The minimum atomic E-state index is -0.284. The van der Waals surface area contributed by atoms with E-state index in [0.717, 1.165) is 11.3 Å². The number of carbonyl (C=O) groups is 1. The van der Waals surface area contributed by atoms with Crippen LogP contribution in [0.15, 0.2) is 54.2 Å². The zero-order chi connectivity index (χ0) is 16.1. The van der Waals surface area contributed by atoms with Crippen LogP contribution in [-0.2, 0) is 11.2 Å². The predicted octanol–water partition coefficient (Wildman–Crippen LogP) is 3.92. The Morgan fingerprint density at radius 3 is 2.87 bits per heavy atom. The van der Waals surface area contributed by atoms with Gasteiger partial charge in [-0.15, -0.1) is 11.3 Å². The van der Waals surface area contributed by atoms with Crippen molar-refractivity contribution < 1.29 is 9.18 Å². The van der Waals surface area contributed by atoms with Gasteiger partial charge in [0.05, 0.1) is 5.69 Å². The Morgan fingerprint density at radius 1 is 1.22 bits per heavy atom. The highest BCUT2D eigenvalue weighted by molar-refractivity contribution is 7.14. The topological polar surface area (TPSA) is 54.9 Å². The summed E-state index contributed by atoms with van der Waals surface area (Å²) in [6.45, 7) is 0. The predicted molar refractivity (Wildman–Crippen MR) is 88.7 cm³/mol. The molecule has 1 aromatic carbocycles. The van der Waals surface area contributed by atoms with Crippen molar-refractivity contribution in [2.24, 2.45) is 0 Å². The molecule has 0 fully saturated rings. The Morgan fingerprint density at radius 2 is 2.09 bits per heavy atom. The third-order valence-corrected chi connectivity index (χ3v) is 4.04. The number of nitrogens with zero attached hydrogens (tertiary/aromatic N) is 2. The Labute approximate surface area is 137 Å². The first kappa shape index (κ1) is 15.3. The fraction of sp³-hybridized carbons (Fsp3) is 0.118. The molecule has 0 aliphatic rings. The largest absolute Gasteiger partial charge is 0.302 e. The van der Waals surface area contributed by atoms with Gasteiger partial charge in [0.25, 0.3) is 0 Å². The van der Waals surface area contributed by atoms with Crippen molar-refractivity contribution in [1.82, 2.24) is 9.97 Å². The molecule has 0 unspecified atom stereocenters. The van der Waals surface area contributed by atoms with Crippen molar-refractivity contribution >= 4 is 22.4 Å². The molecular formula is C17H14FN3OS. The van der Waals surface area contributed by atoms with Gasteiger partial charge in [0.15, 0.2) is 5.13 Å². The van der Waals surface area contributed by atoms with Crippen LogP contribution in [-0.4, -0.2) is 15.9 Å². The van der Waals surface area contributed by atoms with Crippen molar-refractivity contribution in [3.63, 3.8) is 0 Å². The molecular weight excluding hydrogens is 313 g/mol. The van der Waals surface area contributed by atoms with E-state index >= 15 is 0 Å². The van der Waals surface area contributed by atoms with Crippen molar-refractivity contribution in [3.8, 4) is 11.3 Å². The van der Waals surface area contributed by atoms with Gasteiger partial charge in [-0.25, -0.2) is 9.37 Å². The molecule has 23 heavy (non-hydrogen) atoms. The van der Waals surface area contributed by atoms with E-state index in [2.05, 4.69) is 15.3 Å². The highest BCUT2D eigenvalue weighted by atomic mass is 32.1. The normalized spacial score (nSPS) is 10.5. The van der Waals surface area contributed by atoms with E-state index in [1.807, 2.05) is 17.5 Å². The smallest absolute Gasteiger partial charge is 0.226 e. The van der Waals surface area contributed by atoms with Gasteiger partial charge >= 0.3 is 0 Å². The number of aryl methyl sites for hydroxylation is 1. The molecule has 2 heterocycles. The van der Waals surface area contributed by atoms with Gasteiger partial charge in [0.1, 0.15) is 5.82 Å². The Hall–Kier alpha value is -2.60. The van der Waals surface area contributed by atoms with E-state index in [9.17, 15) is 9.18 Å². The Kier molecular flexibility index (Phi) is 4.73. The third kappa shape index (κ3) is 3.98. The first-order valence-electron chi connectivity index (χ1n) is 7.11. The average molecular weight is 327 g/mol. The molecule has 6 heteroatoms. The van der Waals surface area contributed by atoms with Gasteiger partial charge in [-0.2, -0.15) is 0 Å². The Bertz CT molecular complexity index is 804. The summed E-state index contributed by atoms with van der Waals surface area (Å²) in [7, 11) is 0. The summed E-state index contributed by atoms with van der Waals surface area (Å²) < 4.78 is 13.5. The van der Waals surface area contributed by atoms with Crippen LogP contribution >= 0.6 is 11.3 Å². The minimum Gasteiger partial charge on any atom is -0.302 e. The molecule has 3 aromatic rings. The lowest BCUT2D eigenvalue weighted by atomic mass is 10.1. The van der Waals surface area contributed by atoms with E-state index in [-0.39, 0.29) is 18.1 Å². The zero-order valence-corrected chi connectivity index (χ0v) is 13.0. The number of halogens is 1. The lowest BCUT2D eigenvalue weighted by molar-refractivity contribution is -0.116. The van der Waals surface area contributed by atoms with E-state index in [0.29, 0.717) is 17.1 Å². The number of carbonyl (C=O) groups excluding carboxylic acids is 1. The Balaban J connectivity index is 1.58. The summed E-state index contributed by atoms with van der Waals surface area (Å²) in [5, 5.41) is 5.14. The van der Waals surface area contributed by atoms with Gasteiger partial charge in [-0.05, 0) is 30.2 Å². The van der Waals surface area contributed by atoms with Crippen LogP contribution in [0.2, 0.25) is 0 Å². The number of aromatic nitrogens is 2. The van der Waals surface area contributed by atoms with Gasteiger partial charge < -0.3 is 5.32 Å². The van der Waals surface area contributed by atoms with Gasteiger partial charge in [-0.1, -0.05) is 18.2 Å². The highest BCUT2D eigenvalue weighted by Gasteiger charge is 2.09. The number of thiazole rings is 1. The van der Waals surface area contributed by atoms with Crippen LogP contribution in [0.25, 0.3) is 11.3 Å². The van der Waals surface area contributed by atoms with Crippen LogP contribution in [0.4, 0.5) is 9.52 Å². The lowest BCUT2D eigenvalue weighted by Crippen LogP contribution is -2.12. The molecule has 0 saturated carbocycles. The number of benzene rings is 1. The zero-order valence-electron chi connectivity index (χ0n) is 12.2. The van der Waals surface area contributed by atoms with E-state index in [4.69, 9.17) is 0 Å². The molecule has 0 aliphatic carbocycles. The van der Waals surface area contributed by atoms with Crippen molar-refractivity contribution in [2.75, 3.05) is 5.32 Å². The van der Waals surface area contributed by atoms with E-state index in [1.54, 1.807) is 30.6 Å². The summed E-state index contributed by atoms with van der Waals surface area (Å²) >= 11 is 1.35. The van der Waals surface area contributed by atoms with E-state index < -0.39 is 0 Å². The molecule has 1 amide bonds. The maximum absolute atomic E-state index is 13.5. The number of rotatable bonds is 5. The second kappa shape index (κ2) is 7.11. The quantitative estimate of drug-likeness (QED) is 0.773. The molecule has 3 rings (SSSR count). The van der Waals surface area contributed by atoms with Gasteiger partial charge in [0.2, 0.25) is 5.91 Å². The number of hydrogen-bond acceptors (Lipinski definition) is 4. The molecule has 1 N–H and O–H groups in total. The molecule has 0 radical (unpaired) electrons. The fourth-order valence-electron chi connectivity index (χ4n) is 2.11. The third-order valence-electron chi connectivity index (χ3n) is 3.29. The fourth-order valence-corrected chi connectivity index (χ4v) is 2.84. The van der Waals surface area contributed by atoms with Crippen LogP contribution in [0, 0.1) is 5.82 Å². The summed E-state index contributed by atoms with van der Waals surface area (Å²) in [4.78, 5) is 20.4. The van der Waals surface area contributed by atoms with Crippen LogP contribution in [0.3, 0.4) is 0 Å². The maximum Gasteiger partial charge on any atom is 0.226 e. The van der Waals surface area contributed by atoms with Crippen molar-refractivity contribution in [3.05, 3.63) is 65.6 Å². The second-order valence-electron chi connectivity index (χ2n) is 4.92. The summed E-state index contributed by atoms with van der Waals surface area (Å²) in [5.74, 6) is -0.464. The monoisotopic (exact) mass is 327 g/mol. The maximum atomic E-state index is 13.5. The number of hydrogen-bond donors (Lipinski definition) is 1. The first-order valence-corrected chi connectivity index (χ1v) is 7.99. The molecule has 0 bridgehead atoms. The minimum absolute atomic E-state index is 0.180. The average Bonchev–Trinajstić information content (AvgIpc) is 3.03. The SMILES string of the molecule is O=C(CCc1ccccc1F)Nc1nc(-c2cccnc2)cs1. The number of pyridine rings is 1. The summed E-state index contributed by atoms with van der Waals surface area (Å²) in [6, 6.07) is 10.2. The number of amides is 1. The molecule has 0 aliphatic heterocycles. The van der Waals surface area contributed by atoms with Crippen LogP contribution in [0.5, 0.6) is 0 Å². The summed E-state index contributed by atoms with van der Waals surface area (Å²) in [6.07, 6.45) is 3.99. The standard InChI is InChI=1S/C17H14FN3OS/c18-14-6-2-1-4-12(14)7-8-16(22)21-17-20-15(11-23-17)13-5-3-9-19-10-13/h1-6,9-11H,7-8H2,(H,20,21,22).